The molecule has 9 nitrogen and oxygen atoms in total. The van der Waals surface area contributed by atoms with E-state index in [2.05, 4.69) is 51.9 Å². The standard InChI is InChI=1S/C30H48N4O5/c1-2-3-6-13-23(38-29-16-9-11-20-36-29)18-19-25-24(14-7-4-5-8-15-28-31-33-34-32-28)26(35)22-27(25)39-30-17-10-12-21-37-30/h4,7,18-19,23-25,27,29-30H,2-3,5-6,8-17,20-22H2,1H3,(H,31,32,33,34)/b7-4-,19-18?. The Hall–Kier alpha value is -1.94. The van der Waals surface area contributed by atoms with Gasteiger partial charge in [0.25, 0.3) is 0 Å². The highest BCUT2D eigenvalue weighted by Gasteiger charge is 2.42. The molecule has 3 fully saturated rings. The van der Waals surface area contributed by atoms with E-state index in [0.29, 0.717) is 12.8 Å². The smallest absolute Gasteiger partial charge is 0.174 e. The molecule has 1 aromatic heterocycles. The van der Waals surface area contributed by atoms with Crippen LogP contribution in [0.25, 0.3) is 0 Å². The van der Waals surface area contributed by atoms with Crippen LogP contribution in [0.5, 0.6) is 0 Å². The SMILES string of the molecule is CCCCCC(C=CC1C(OC2CCCCO2)CC(=O)C1C/C=C\CCCc1nn[nH]n1)OC1CCCCO1. The highest BCUT2D eigenvalue weighted by atomic mass is 16.7. The van der Waals surface area contributed by atoms with Crippen LogP contribution in [0.15, 0.2) is 24.3 Å². The van der Waals surface area contributed by atoms with Gasteiger partial charge in [0, 0.05) is 37.9 Å². The van der Waals surface area contributed by atoms with E-state index in [4.69, 9.17) is 18.9 Å². The summed E-state index contributed by atoms with van der Waals surface area (Å²) in [6.07, 6.45) is 22.8. The second-order valence-electron chi connectivity index (χ2n) is 11.1. The van der Waals surface area contributed by atoms with Gasteiger partial charge in [0.2, 0.25) is 0 Å². The number of Topliss-reactive ketones (excluding diaryl/α,β-unsaturated/α-hetero) is 1. The monoisotopic (exact) mass is 544 g/mol. The normalized spacial score (nSPS) is 29.1. The number of ether oxygens (including phenoxy) is 4. The van der Waals surface area contributed by atoms with E-state index in [0.717, 1.165) is 89.7 Å². The molecule has 1 saturated carbocycles. The minimum Gasteiger partial charge on any atom is -0.353 e. The number of H-pyrrole nitrogens is 1. The molecule has 1 aliphatic carbocycles. The molecule has 6 unspecified atom stereocenters. The van der Waals surface area contributed by atoms with E-state index in [1.807, 2.05) is 0 Å². The molecule has 3 heterocycles. The van der Waals surface area contributed by atoms with Crippen molar-refractivity contribution in [2.24, 2.45) is 11.8 Å². The molecular weight excluding hydrogens is 496 g/mol. The van der Waals surface area contributed by atoms with Crippen molar-refractivity contribution in [3.63, 3.8) is 0 Å². The van der Waals surface area contributed by atoms with Crippen LogP contribution in [-0.4, -0.2) is 64.4 Å². The molecule has 0 radical (unpaired) electrons. The Labute approximate surface area is 233 Å². The van der Waals surface area contributed by atoms with Crippen LogP contribution in [0.4, 0.5) is 0 Å². The summed E-state index contributed by atoms with van der Waals surface area (Å²) < 4.78 is 24.6. The highest BCUT2D eigenvalue weighted by Crippen LogP contribution is 2.37. The zero-order valence-corrected chi connectivity index (χ0v) is 23.7. The zero-order chi connectivity index (χ0) is 27.1. The number of carbonyl (C=O) groups is 1. The summed E-state index contributed by atoms with van der Waals surface area (Å²) in [5.41, 5.74) is 0. The summed E-state index contributed by atoms with van der Waals surface area (Å²) in [7, 11) is 0. The van der Waals surface area contributed by atoms with Crippen LogP contribution >= 0.6 is 0 Å². The van der Waals surface area contributed by atoms with Gasteiger partial charge in [-0.05, 0) is 64.2 Å². The van der Waals surface area contributed by atoms with E-state index in [1.165, 1.54) is 12.8 Å². The van der Waals surface area contributed by atoms with Gasteiger partial charge in [-0.3, -0.25) is 4.79 Å². The topological polar surface area (TPSA) is 108 Å². The molecule has 0 spiro atoms. The number of carbonyl (C=O) groups excluding carboxylic acids is 1. The number of hydrogen-bond donors (Lipinski definition) is 1. The Morgan fingerprint density at radius 3 is 2.59 bits per heavy atom. The lowest BCUT2D eigenvalue weighted by atomic mass is 9.90. The van der Waals surface area contributed by atoms with Crippen molar-refractivity contribution in [1.29, 1.82) is 0 Å². The summed E-state index contributed by atoms with van der Waals surface area (Å²) >= 11 is 0. The largest absolute Gasteiger partial charge is 0.353 e. The van der Waals surface area contributed by atoms with Crippen LogP contribution in [0, 0.1) is 11.8 Å². The fraction of sp³-hybridized carbons (Fsp3) is 0.800. The van der Waals surface area contributed by atoms with Gasteiger partial charge in [0.1, 0.15) is 5.78 Å². The second-order valence-corrected chi connectivity index (χ2v) is 11.1. The Balaban J connectivity index is 1.38. The van der Waals surface area contributed by atoms with Crippen molar-refractivity contribution < 1.29 is 23.7 Å². The summed E-state index contributed by atoms with van der Waals surface area (Å²) in [5.74, 6) is 0.932. The van der Waals surface area contributed by atoms with E-state index < -0.39 is 0 Å². The molecule has 4 rings (SSSR count). The number of aromatic nitrogens is 4. The van der Waals surface area contributed by atoms with Gasteiger partial charge in [-0.1, -0.05) is 55.7 Å². The lowest BCUT2D eigenvalue weighted by Gasteiger charge is -2.29. The number of nitrogens with zero attached hydrogens (tertiary/aromatic N) is 3. The van der Waals surface area contributed by atoms with Crippen molar-refractivity contribution in [2.75, 3.05) is 13.2 Å². The summed E-state index contributed by atoms with van der Waals surface area (Å²) in [4.78, 5) is 13.2. The van der Waals surface area contributed by atoms with E-state index in [1.54, 1.807) is 0 Å². The van der Waals surface area contributed by atoms with Gasteiger partial charge in [-0.25, -0.2) is 0 Å². The molecule has 9 heteroatoms. The summed E-state index contributed by atoms with van der Waals surface area (Å²) in [6, 6.07) is 0. The number of aryl methyl sites for hydroxylation is 1. The van der Waals surface area contributed by atoms with Crippen molar-refractivity contribution in [3.05, 3.63) is 30.1 Å². The number of hydrogen-bond acceptors (Lipinski definition) is 8. The average molecular weight is 545 g/mol. The number of nitrogens with one attached hydrogen (secondary N) is 1. The van der Waals surface area contributed by atoms with E-state index in [9.17, 15) is 4.79 Å². The first kappa shape index (κ1) is 30.0. The quantitative estimate of drug-likeness (QED) is 0.211. The van der Waals surface area contributed by atoms with Crippen LogP contribution in [0.1, 0.15) is 103 Å². The molecule has 39 heavy (non-hydrogen) atoms. The first-order chi connectivity index (χ1) is 19.2. The molecule has 218 valence electrons. The average Bonchev–Trinajstić information content (AvgIpc) is 3.58. The second kappa shape index (κ2) is 17.0. The Kier molecular flexibility index (Phi) is 13.1. The van der Waals surface area contributed by atoms with Crippen molar-refractivity contribution in [2.45, 2.75) is 128 Å². The zero-order valence-electron chi connectivity index (χ0n) is 23.7. The lowest BCUT2D eigenvalue weighted by Crippen LogP contribution is -2.31. The van der Waals surface area contributed by atoms with Gasteiger partial charge < -0.3 is 18.9 Å². The Bertz CT molecular complexity index is 865. The number of unbranched alkanes of at least 4 members (excludes halogenated alkanes) is 3. The predicted octanol–water partition coefficient (Wildman–Crippen LogP) is 5.63. The number of tetrazole rings is 1. The van der Waals surface area contributed by atoms with Gasteiger partial charge in [-0.15, -0.1) is 10.2 Å². The van der Waals surface area contributed by atoms with Crippen LogP contribution < -0.4 is 0 Å². The number of rotatable bonds is 16. The minimum atomic E-state index is -0.209. The van der Waals surface area contributed by atoms with Crippen molar-refractivity contribution >= 4 is 5.78 Å². The van der Waals surface area contributed by atoms with Crippen LogP contribution in [0.3, 0.4) is 0 Å². The molecule has 6 atom stereocenters. The Morgan fingerprint density at radius 2 is 1.87 bits per heavy atom. The molecule has 0 bridgehead atoms. The van der Waals surface area contributed by atoms with Gasteiger partial charge >= 0.3 is 0 Å². The summed E-state index contributed by atoms with van der Waals surface area (Å²) in [6.45, 7) is 3.73. The number of ketones is 1. The number of allylic oxidation sites excluding steroid dienone is 2. The van der Waals surface area contributed by atoms with E-state index >= 15 is 0 Å². The number of aromatic amines is 1. The first-order valence-electron chi connectivity index (χ1n) is 15.4. The lowest BCUT2D eigenvalue weighted by molar-refractivity contribution is -0.192. The molecule has 0 aromatic carbocycles. The van der Waals surface area contributed by atoms with Crippen molar-refractivity contribution in [3.8, 4) is 0 Å². The maximum Gasteiger partial charge on any atom is 0.174 e. The maximum atomic E-state index is 13.2. The predicted molar refractivity (Wildman–Crippen MR) is 148 cm³/mol. The third-order valence-electron chi connectivity index (χ3n) is 8.00. The van der Waals surface area contributed by atoms with Gasteiger partial charge in [0.05, 0.1) is 12.2 Å². The summed E-state index contributed by atoms with van der Waals surface area (Å²) in [5, 5.41) is 14.1. The minimum absolute atomic E-state index is 0.0107. The first-order valence-corrected chi connectivity index (χ1v) is 15.4. The van der Waals surface area contributed by atoms with Crippen LogP contribution in [0.2, 0.25) is 0 Å². The molecule has 3 aliphatic rings. The third-order valence-corrected chi connectivity index (χ3v) is 8.00. The molecule has 2 aliphatic heterocycles. The molecular formula is C30H48N4O5. The molecule has 1 aromatic rings. The molecule has 2 saturated heterocycles. The third kappa shape index (κ3) is 10.2. The van der Waals surface area contributed by atoms with Crippen LogP contribution in [-0.2, 0) is 30.2 Å². The maximum absolute atomic E-state index is 13.2. The van der Waals surface area contributed by atoms with Crippen molar-refractivity contribution in [1.82, 2.24) is 20.6 Å². The fourth-order valence-electron chi connectivity index (χ4n) is 5.76. The highest BCUT2D eigenvalue weighted by molar-refractivity contribution is 5.85. The molecule has 0 amide bonds. The van der Waals surface area contributed by atoms with Gasteiger partial charge in [0.15, 0.2) is 18.4 Å². The van der Waals surface area contributed by atoms with Gasteiger partial charge in [-0.2, -0.15) is 5.21 Å². The van der Waals surface area contributed by atoms with E-state index in [-0.39, 0.29) is 42.4 Å². The molecule has 1 N–H and O–H groups in total. The Morgan fingerprint density at radius 1 is 1.05 bits per heavy atom. The fourth-order valence-corrected chi connectivity index (χ4v) is 5.76.